The summed E-state index contributed by atoms with van der Waals surface area (Å²) in [7, 11) is 0. The first-order chi connectivity index (χ1) is 14.0. The minimum absolute atomic E-state index is 0.0696. The first kappa shape index (κ1) is 20.1. The van der Waals surface area contributed by atoms with Crippen LogP contribution >= 0.6 is 15.9 Å². The highest BCUT2D eigenvalue weighted by Gasteiger charge is 2.17. The lowest BCUT2D eigenvalue weighted by molar-refractivity contribution is -0.384. The number of halogens is 1. The van der Waals surface area contributed by atoms with Gasteiger partial charge in [-0.1, -0.05) is 17.3 Å². The predicted molar refractivity (Wildman–Crippen MR) is 105 cm³/mol. The maximum atomic E-state index is 12.1. The van der Waals surface area contributed by atoms with Gasteiger partial charge in [0.25, 0.3) is 11.6 Å². The summed E-state index contributed by atoms with van der Waals surface area (Å²) in [5.74, 6) is -0.992. The average Bonchev–Trinajstić information content (AvgIpc) is 3.21. The lowest BCUT2D eigenvalue weighted by Gasteiger charge is -2.07. The van der Waals surface area contributed by atoms with Crippen LogP contribution in [0.3, 0.4) is 0 Å². The van der Waals surface area contributed by atoms with Gasteiger partial charge in [-0.3, -0.25) is 19.7 Å². The standard InChI is InChI=1S/C18H14BrN5O5/c19-14-4-2-1-3-13(14)16(25)20-9-10-21-17(26)18-22-15(23-29-18)11-5-7-12(8-6-11)24(27)28/h1-8H,9-10H2,(H,20,25)(H,21,26). The number of amides is 2. The Morgan fingerprint density at radius 3 is 2.34 bits per heavy atom. The highest BCUT2D eigenvalue weighted by Crippen LogP contribution is 2.19. The molecular weight excluding hydrogens is 446 g/mol. The highest BCUT2D eigenvalue weighted by molar-refractivity contribution is 9.10. The third kappa shape index (κ3) is 5.02. The Morgan fingerprint density at radius 1 is 1.03 bits per heavy atom. The Hall–Kier alpha value is -3.60. The molecule has 3 aromatic rings. The van der Waals surface area contributed by atoms with Gasteiger partial charge in [-0.25, -0.2) is 0 Å². The lowest BCUT2D eigenvalue weighted by atomic mass is 10.2. The number of non-ortho nitro benzene ring substituents is 1. The number of hydrogen-bond donors (Lipinski definition) is 2. The van der Waals surface area contributed by atoms with Gasteiger partial charge in [0, 0.05) is 35.3 Å². The van der Waals surface area contributed by atoms with E-state index in [-0.39, 0.29) is 36.4 Å². The van der Waals surface area contributed by atoms with Gasteiger partial charge in [-0.05, 0) is 40.2 Å². The van der Waals surface area contributed by atoms with Gasteiger partial charge < -0.3 is 15.2 Å². The van der Waals surface area contributed by atoms with Gasteiger partial charge in [0.1, 0.15) is 0 Å². The number of aromatic nitrogens is 2. The molecule has 2 N–H and O–H groups in total. The maximum absolute atomic E-state index is 12.1. The summed E-state index contributed by atoms with van der Waals surface area (Å²) >= 11 is 3.30. The Bertz CT molecular complexity index is 1050. The van der Waals surface area contributed by atoms with E-state index in [9.17, 15) is 19.7 Å². The van der Waals surface area contributed by atoms with Crippen LogP contribution in [0.1, 0.15) is 21.0 Å². The largest absolute Gasteiger partial charge is 0.350 e. The van der Waals surface area contributed by atoms with Gasteiger partial charge in [0.2, 0.25) is 5.82 Å². The Kier molecular flexibility index (Phi) is 6.29. The van der Waals surface area contributed by atoms with Crippen molar-refractivity contribution in [3.63, 3.8) is 0 Å². The monoisotopic (exact) mass is 459 g/mol. The molecule has 29 heavy (non-hydrogen) atoms. The van der Waals surface area contributed by atoms with E-state index < -0.39 is 10.8 Å². The zero-order valence-electron chi connectivity index (χ0n) is 14.8. The number of hydrogen-bond acceptors (Lipinski definition) is 7. The molecule has 0 aliphatic carbocycles. The molecular formula is C18H14BrN5O5. The average molecular weight is 460 g/mol. The molecule has 11 heteroatoms. The third-order valence-corrected chi connectivity index (χ3v) is 4.46. The first-order valence-corrected chi connectivity index (χ1v) is 9.14. The molecule has 0 bridgehead atoms. The number of nitro groups is 1. The minimum atomic E-state index is -0.596. The fraction of sp³-hybridized carbons (Fsp3) is 0.111. The molecule has 10 nitrogen and oxygen atoms in total. The summed E-state index contributed by atoms with van der Waals surface area (Å²) in [4.78, 5) is 38.3. The normalized spacial score (nSPS) is 10.4. The van der Waals surface area contributed by atoms with Gasteiger partial charge >= 0.3 is 11.8 Å². The lowest BCUT2D eigenvalue weighted by Crippen LogP contribution is -2.34. The van der Waals surface area contributed by atoms with Gasteiger partial charge in [0.05, 0.1) is 10.5 Å². The molecule has 2 aromatic carbocycles. The van der Waals surface area contributed by atoms with Crippen LogP contribution in [0.15, 0.2) is 57.5 Å². The van der Waals surface area contributed by atoms with E-state index >= 15 is 0 Å². The molecule has 1 heterocycles. The fourth-order valence-electron chi connectivity index (χ4n) is 2.33. The van der Waals surface area contributed by atoms with Crippen molar-refractivity contribution in [3.05, 3.63) is 74.6 Å². The van der Waals surface area contributed by atoms with Crippen LogP contribution < -0.4 is 10.6 Å². The number of benzene rings is 2. The maximum Gasteiger partial charge on any atom is 0.316 e. The number of rotatable bonds is 7. The van der Waals surface area contributed by atoms with Crippen LogP contribution in [0.25, 0.3) is 11.4 Å². The molecule has 1 aromatic heterocycles. The van der Waals surface area contributed by atoms with E-state index in [0.717, 1.165) is 0 Å². The second-order valence-corrected chi connectivity index (χ2v) is 6.57. The minimum Gasteiger partial charge on any atom is -0.350 e. The summed E-state index contributed by atoms with van der Waals surface area (Å²) in [6.45, 7) is 0.361. The number of carbonyl (C=O) groups is 2. The molecule has 0 unspecified atom stereocenters. The first-order valence-electron chi connectivity index (χ1n) is 8.35. The van der Waals surface area contributed by atoms with Crippen molar-refractivity contribution in [3.8, 4) is 11.4 Å². The second-order valence-electron chi connectivity index (χ2n) is 5.72. The number of carbonyl (C=O) groups excluding carboxylic acids is 2. The molecule has 2 amide bonds. The molecule has 0 radical (unpaired) electrons. The Labute approximate surface area is 172 Å². The van der Waals surface area contributed by atoms with Gasteiger partial charge in [-0.15, -0.1) is 0 Å². The molecule has 0 saturated heterocycles. The number of nitro benzene ring substituents is 1. The number of nitrogens with zero attached hydrogens (tertiary/aromatic N) is 3. The zero-order valence-corrected chi connectivity index (χ0v) is 16.4. The van der Waals surface area contributed by atoms with Crippen LogP contribution in [0.2, 0.25) is 0 Å². The van der Waals surface area contributed by atoms with Crippen molar-refractivity contribution in [1.82, 2.24) is 20.8 Å². The topological polar surface area (TPSA) is 140 Å². The van der Waals surface area contributed by atoms with Crippen LogP contribution in [0.5, 0.6) is 0 Å². The van der Waals surface area contributed by atoms with Crippen molar-refractivity contribution >= 4 is 33.4 Å². The summed E-state index contributed by atoms with van der Waals surface area (Å²) < 4.78 is 5.59. The van der Waals surface area contributed by atoms with E-state index in [1.807, 2.05) is 0 Å². The summed E-state index contributed by atoms with van der Waals surface area (Å²) in [5.41, 5.74) is 0.891. The molecule has 0 spiro atoms. The highest BCUT2D eigenvalue weighted by atomic mass is 79.9. The SMILES string of the molecule is O=C(NCCNC(=O)c1ccccc1Br)c1nc(-c2ccc([N+](=O)[O-])cc2)no1. The van der Waals surface area contributed by atoms with Crippen molar-refractivity contribution in [1.29, 1.82) is 0 Å². The molecule has 0 aliphatic rings. The van der Waals surface area contributed by atoms with Gasteiger partial charge in [0.15, 0.2) is 0 Å². The van der Waals surface area contributed by atoms with E-state index in [1.165, 1.54) is 24.3 Å². The van der Waals surface area contributed by atoms with Crippen molar-refractivity contribution in [2.75, 3.05) is 13.1 Å². The van der Waals surface area contributed by atoms with Crippen molar-refractivity contribution < 1.29 is 19.0 Å². The predicted octanol–water partition coefficient (Wildman–Crippen LogP) is 2.57. The Morgan fingerprint density at radius 2 is 1.69 bits per heavy atom. The molecule has 0 aliphatic heterocycles. The van der Waals surface area contributed by atoms with Crippen LogP contribution in [0, 0.1) is 10.1 Å². The van der Waals surface area contributed by atoms with E-state index in [0.29, 0.717) is 15.6 Å². The molecule has 0 fully saturated rings. The molecule has 3 rings (SSSR count). The van der Waals surface area contributed by atoms with Crippen molar-refractivity contribution in [2.24, 2.45) is 0 Å². The van der Waals surface area contributed by atoms with E-state index in [2.05, 4.69) is 36.7 Å². The van der Waals surface area contributed by atoms with Crippen molar-refractivity contribution in [2.45, 2.75) is 0 Å². The fourth-order valence-corrected chi connectivity index (χ4v) is 2.80. The van der Waals surface area contributed by atoms with E-state index in [1.54, 1.807) is 24.3 Å². The smallest absolute Gasteiger partial charge is 0.316 e. The molecule has 0 atom stereocenters. The summed E-state index contributed by atoms with van der Waals surface area (Å²) in [6.07, 6.45) is 0. The third-order valence-electron chi connectivity index (χ3n) is 3.77. The van der Waals surface area contributed by atoms with Crippen LogP contribution in [-0.4, -0.2) is 40.0 Å². The number of nitrogens with one attached hydrogen (secondary N) is 2. The summed E-state index contributed by atoms with van der Waals surface area (Å²) in [5, 5.41) is 19.6. The van der Waals surface area contributed by atoms with E-state index in [4.69, 9.17) is 4.52 Å². The van der Waals surface area contributed by atoms with Crippen LogP contribution in [-0.2, 0) is 0 Å². The zero-order chi connectivity index (χ0) is 20.8. The second kappa shape index (κ2) is 9.06. The van der Waals surface area contributed by atoms with Crippen LogP contribution in [0.4, 0.5) is 5.69 Å². The Balaban J connectivity index is 1.51. The molecule has 148 valence electrons. The summed E-state index contributed by atoms with van der Waals surface area (Å²) in [6, 6.07) is 12.5. The molecule has 0 saturated carbocycles. The quantitative estimate of drug-likeness (QED) is 0.314. The van der Waals surface area contributed by atoms with Gasteiger partial charge in [-0.2, -0.15) is 4.98 Å².